The standard InChI is InChI=1S/C7H7BF3O/c9-8(10,11)7(12)6-4-2-1-3-5-6/h1-5,7,12H/q-1. The third kappa shape index (κ3) is 2.01. The van der Waals surface area contributed by atoms with Gasteiger partial charge in [-0.2, -0.15) is 0 Å². The van der Waals surface area contributed by atoms with Gasteiger partial charge >= 0.3 is 6.98 Å². The molecular formula is C7H7BF3O-. The fourth-order valence-corrected chi connectivity index (χ4v) is 0.868. The number of aliphatic hydroxyl groups is 1. The van der Waals surface area contributed by atoms with Gasteiger partial charge in [0, 0.05) is 0 Å². The molecule has 0 aromatic heterocycles. The number of hydrogen-bond donors (Lipinski definition) is 1. The first-order chi connectivity index (χ1) is 5.52. The number of hydrogen-bond acceptors (Lipinski definition) is 1. The van der Waals surface area contributed by atoms with Crippen molar-refractivity contribution in [2.24, 2.45) is 0 Å². The van der Waals surface area contributed by atoms with E-state index in [1.165, 1.54) is 24.3 Å². The van der Waals surface area contributed by atoms with Crippen LogP contribution in [0.1, 0.15) is 11.6 Å². The molecule has 1 nitrogen and oxygen atoms in total. The summed E-state index contributed by atoms with van der Waals surface area (Å²) in [5, 5.41) is 8.76. The van der Waals surface area contributed by atoms with Gasteiger partial charge in [0.15, 0.2) is 0 Å². The fourth-order valence-electron chi connectivity index (χ4n) is 0.868. The van der Waals surface area contributed by atoms with Gasteiger partial charge in [0.1, 0.15) is 0 Å². The second-order valence-corrected chi connectivity index (χ2v) is 2.48. The molecule has 1 unspecified atom stereocenters. The van der Waals surface area contributed by atoms with E-state index in [-0.39, 0.29) is 5.56 Å². The van der Waals surface area contributed by atoms with Gasteiger partial charge in [-0.1, -0.05) is 30.3 Å². The van der Waals surface area contributed by atoms with Gasteiger partial charge in [-0.3, -0.25) is 0 Å². The van der Waals surface area contributed by atoms with E-state index in [9.17, 15) is 12.9 Å². The van der Waals surface area contributed by atoms with Crippen molar-refractivity contribution in [2.75, 3.05) is 0 Å². The Kier molecular flexibility index (Phi) is 2.42. The first kappa shape index (κ1) is 9.13. The zero-order valence-electron chi connectivity index (χ0n) is 6.12. The molecule has 0 fully saturated rings. The van der Waals surface area contributed by atoms with Crippen molar-refractivity contribution in [1.29, 1.82) is 0 Å². The highest BCUT2D eigenvalue weighted by atomic mass is 19.4. The highest BCUT2D eigenvalue weighted by Gasteiger charge is 2.34. The lowest BCUT2D eigenvalue weighted by Crippen LogP contribution is -2.26. The maximum Gasteiger partial charge on any atom is 0.510 e. The summed E-state index contributed by atoms with van der Waals surface area (Å²) in [7, 11) is 0. The molecule has 0 spiro atoms. The topological polar surface area (TPSA) is 20.2 Å². The summed E-state index contributed by atoms with van der Waals surface area (Å²) in [5.74, 6) is 0. The van der Waals surface area contributed by atoms with Gasteiger partial charge < -0.3 is 18.1 Å². The molecule has 1 aromatic rings. The van der Waals surface area contributed by atoms with Crippen LogP contribution in [0.2, 0.25) is 0 Å². The molecule has 0 aliphatic rings. The summed E-state index contributed by atoms with van der Waals surface area (Å²) < 4.78 is 35.8. The zero-order valence-corrected chi connectivity index (χ0v) is 6.12. The number of rotatable bonds is 2. The minimum absolute atomic E-state index is 0.106. The Balaban J connectivity index is 2.86. The van der Waals surface area contributed by atoms with Gasteiger partial charge in [-0.25, -0.2) is 0 Å². The van der Waals surface area contributed by atoms with Crippen LogP contribution in [-0.2, 0) is 0 Å². The average Bonchev–Trinajstić information content (AvgIpc) is 2.03. The van der Waals surface area contributed by atoms with Gasteiger partial charge in [0.25, 0.3) is 0 Å². The van der Waals surface area contributed by atoms with Crippen molar-refractivity contribution in [3.05, 3.63) is 35.9 Å². The Labute approximate surface area is 67.9 Å². The molecule has 0 bridgehead atoms. The Hall–Kier alpha value is -0.965. The van der Waals surface area contributed by atoms with E-state index in [0.717, 1.165) is 0 Å². The lowest BCUT2D eigenvalue weighted by atomic mass is 9.78. The van der Waals surface area contributed by atoms with Crippen LogP contribution in [0.5, 0.6) is 0 Å². The van der Waals surface area contributed by atoms with E-state index in [1.54, 1.807) is 6.07 Å². The van der Waals surface area contributed by atoms with Crippen LogP contribution < -0.4 is 0 Å². The molecular weight excluding hydrogens is 168 g/mol. The molecule has 1 atom stereocenters. The molecule has 66 valence electrons. The molecule has 12 heavy (non-hydrogen) atoms. The highest BCUT2D eigenvalue weighted by molar-refractivity contribution is 6.59. The van der Waals surface area contributed by atoms with Crippen LogP contribution in [0.15, 0.2) is 30.3 Å². The maximum atomic E-state index is 11.9. The molecule has 0 aliphatic carbocycles. The minimum Gasteiger partial charge on any atom is -0.447 e. The molecule has 0 saturated heterocycles. The molecule has 0 radical (unpaired) electrons. The molecule has 0 amide bonds. The summed E-state index contributed by atoms with van der Waals surface area (Å²) >= 11 is 0. The Morgan fingerprint density at radius 2 is 1.58 bits per heavy atom. The lowest BCUT2D eigenvalue weighted by Gasteiger charge is -2.21. The molecule has 1 rings (SSSR count). The van der Waals surface area contributed by atoms with E-state index in [2.05, 4.69) is 0 Å². The van der Waals surface area contributed by atoms with Crippen molar-refractivity contribution in [3.8, 4) is 0 Å². The summed E-state index contributed by atoms with van der Waals surface area (Å²) in [6.45, 7) is -5.20. The van der Waals surface area contributed by atoms with E-state index in [1.807, 2.05) is 0 Å². The van der Waals surface area contributed by atoms with E-state index in [4.69, 9.17) is 5.11 Å². The summed E-state index contributed by atoms with van der Waals surface area (Å²) in [4.78, 5) is 0. The van der Waals surface area contributed by atoms with Gasteiger partial charge in [0.2, 0.25) is 0 Å². The van der Waals surface area contributed by atoms with Crippen molar-refractivity contribution < 1.29 is 18.1 Å². The minimum atomic E-state index is -5.20. The third-order valence-electron chi connectivity index (χ3n) is 1.50. The fraction of sp³-hybridized carbons (Fsp3) is 0.143. The van der Waals surface area contributed by atoms with E-state index < -0.39 is 13.0 Å². The monoisotopic (exact) mass is 175 g/mol. The van der Waals surface area contributed by atoms with Crippen LogP contribution in [0.4, 0.5) is 12.9 Å². The SMILES string of the molecule is OC(c1ccccc1)[B-](F)(F)F. The van der Waals surface area contributed by atoms with Gasteiger partial charge in [-0.15, -0.1) is 0 Å². The van der Waals surface area contributed by atoms with Gasteiger partial charge in [0.05, 0.1) is 6.00 Å². The second-order valence-electron chi connectivity index (χ2n) is 2.48. The highest BCUT2D eigenvalue weighted by Crippen LogP contribution is 2.27. The molecule has 0 saturated carbocycles. The van der Waals surface area contributed by atoms with Crippen LogP contribution in [0, 0.1) is 0 Å². The summed E-state index contributed by atoms with van der Waals surface area (Å²) in [6.07, 6.45) is 0. The largest absolute Gasteiger partial charge is 0.510 e. The number of aliphatic hydroxyl groups excluding tert-OH is 1. The molecule has 1 N–H and O–H groups in total. The number of benzene rings is 1. The molecule has 1 aromatic carbocycles. The predicted molar refractivity (Wildman–Crippen MR) is 40.5 cm³/mol. The smallest absolute Gasteiger partial charge is 0.447 e. The second kappa shape index (κ2) is 3.19. The Bertz CT molecular complexity index is 247. The zero-order chi connectivity index (χ0) is 9.19. The Morgan fingerprint density at radius 3 is 2.00 bits per heavy atom. The van der Waals surface area contributed by atoms with Crippen LogP contribution in [0.25, 0.3) is 0 Å². The molecule has 5 heteroatoms. The summed E-state index contributed by atoms with van der Waals surface area (Å²) in [5.41, 5.74) is -0.106. The summed E-state index contributed by atoms with van der Waals surface area (Å²) in [6, 6.07) is 4.70. The van der Waals surface area contributed by atoms with Crippen LogP contribution in [-0.4, -0.2) is 12.1 Å². The third-order valence-corrected chi connectivity index (χ3v) is 1.50. The van der Waals surface area contributed by atoms with Crippen molar-refractivity contribution in [2.45, 2.75) is 6.00 Å². The van der Waals surface area contributed by atoms with Crippen LogP contribution in [0.3, 0.4) is 0 Å². The van der Waals surface area contributed by atoms with E-state index in [0.29, 0.717) is 0 Å². The molecule has 0 aliphatic heterocycles. The van der Waals surface area contributed by atoms with E-state index >= 15 is 0 Å². The Morgan fingerprint density at radius 1 is 1.08 bits per heavy atom. The van der Waals surface area contributed by atoms with Crippen molar-refractivity contribution in [3.63, 3.8) is 0 Å². The first-order valence-corrected chi connectivity index (χ1v) is 3.45. The first-order valence-electron chi connectivity index (χ1n) is 3.45. The average molecular weight is 175 g/mol. The van der Waals surface area contributed by atoms with Crippen molar-refractivity contribution >= 4 is 6.98 Å². The van der Waals surface area contributed by atoms with Gasteiger partial charge in [-0.05, 0) is 5.56 Å². The maximum absolute atomic E-state index is 11.9. The normalized spacial score (nSPS) is 14.3. The lowest BCUT2D eigenvalue weighted by molar-refractivity contribution is 0.197. The van der Waals surface area contributed by atoms with Crippen molar-refractivity contribution in [1.82, 2.24) is 0 Å². The molecule has 0 heterocycles. The predicted octanol–water partition coefficient (Wildman–Crippen LogP) is 2.11. The number of halogens is 3. The quantitative estimate of drug-likeness (QED) is 0.682. The van der Waals surface area contributed by atoms with Crippen LogP contribution >= 0.6 is 0 Å².